The van der Waals surface area contributed by atoms with Crippen LogP contribution in [0.15, 0.2) is 78.9 Å². The summed E-state index contributed by atoms with van der Waals surface area (Å²) in [6, 6.07) is 24.7. The summed E-state index contributed by atoms with van der Waals surface area (Å²) >= 11 is 0. The Balaban J connectivity index is 1.47. The number of hydrogen-bond acceptors (Lipinski definition) is 6. The van der Waals surface area contributed by atoms with Crippen LogP contribution in [0.25, 0.3) is 0 Å². The van der Waals surface area contributed by atoms with Crippen molar-refractivity contribution in [1.29, 1.82) is 5.26 Å². The molecule has 0 radical (unpaired) electrons. The van der Waals surface area contributed by atoms with Gasteiger partial charge in [-0.05, 0) is 55.5 Å². The van der Waals surface area contributed by atoms with Crippen molar-refractivity contribution in [2.45, 2.75) is 13.0 Å². The van der Waals surface area contributed by atoms with Crippen LogP contribution in [0.3, 0.4) is 0 Å². The zero-order chi connectivity index (χ0) is 22.1. The fourth-order valence-corrected chi connectivity index (χ4v) is 2.58. The van der Waals surface area contributed by atoms with E-state index in [1.165, 1.54) is 6.92 Å². The Kier molecular flexibility index (Phi) is 7.22. The maximum absolute atomic E-state index is 12.3. The number of benzene rings is 3. The van der Waals surface area contributed by atoms with Gasteiger partial charge in [0.15, 0.2) is 12.7 Å². The van der Waals surface area contributed by atoms with Crippen molar-refractivity contribution < 1.29 is 23.8 Å². The van der Waals surface area contributed by atoms with Crippen LogP contribution in [0.5, 0.6) is 17.2 Å². The first-order valence-electron chi connectivity index (χ1n) is 9.50. The predicted molar refractivity (Wildman–Crippen MR) is 114 cm³/mol. The SMILES string of the molecule is C[C@@H](OC(=O)COc1ccccc1C#N)C(=O)Nc1ccc(Oc2ccccc2)cc1. The first-order chi connectivity index (χ1) is 15.0. The number of carbonyl (C=O) groups is 2. The van der Waals surface area contributed by atoms with Crippen LogP contribution in [-0.4, -0.2) is 24.6 Å². The van der Waals surface area contributed by atoms with Crippen molar-refractivity contribution in [1.82, 2.24) is 0 Å². The van der Waals surface area contributed by atoms with E-state index in [9.17, 15) is 9.59 Å². The zero-order valence-corrected chi connectivity index (χ0v) is 16.8. The molecule has 0 aliphatic heterocycles. The molecule has 7 nitrogen and oxygen atoms in total. The van der Waals surface area contributed by atoms with Crippen LogP contribution in [0, 0.1) is 11.3 Å². The van der Waals surface area contributed by atoms with E-state index in [2.05, 4.69) is 5.32 Å². The van der Waals surface area contributed by atoms with E-state index in [1.807, 2.05) is 36.4 Å². The third kappa shape index (κ3) is 6.34. The maximum Gasteiger partial charge on any atom is 0.344 e. The fourth-order valence-electron chi connectivity index (χ4n) is 2.58. The molecule has 0 fully saturated rings. The minimum absolute atomic E-state index is 0.275. The number of nitriles is 1. The van der Waals surface area contributed by atoms with Gasteiger partial charge in [-0.1, -0.05) is 30.3 Å². The summed E-state index contributed by atoms with van der Waals surface area (Å²) in [6.45, 7) is 1.05. The lowest BCUT2D eigenvalue weighted by Crippen LogP contribution is -2.31. The Bertz CT molecular complexity index is 1080. The number of esters is 1. The fraction of sp³-hybridized carbons (Fsp3) is 0.125. The maximum atomic E-state index is 12.3. The van der Waals surface area contributed by atoms with Crippen LogP contribution < -0.4 is 14.8 Å². The van der Waals surface area contributed by atoms with Crippen molar-refractivity contribution in [3.8, 4) is 23.3 Å². The van der Waals surface area contributed by atoms with Gasteiger partial charge in [-0.2, -0.15) is 5.26 Å². The van der Waals surface area contributed by atoms with E-state index in [1.54, 1.807) is 48.5 Å². The van der Waals surface area contributed by atoms with Gasteiger partial charge in [0.05, 0.1) is 5.56 Å². The van der Waals surface area contributed by atoms with Crippen LogP contribution in [-0.2, 0) is 14.3 Å². The van der Waals surface area contributed by atoms with Gasteiger partial charge in [-0.3, -0.25) is 4.79 Å². The van der Waals surface area contributed by atoms with Gasteiger partial charge in [0.25, 0.3) is 5.91 Å². The Morgan fingerprint density at radius 2 is 1.58 bits per heavy atom. The lowest BCUT2D eigenvalue weighted by Gasteiger charge is -2.14. The number of anilines is 1. The van der Waals surface area contributed by atoms with Gasteiger partial charge < -0.3 is 19.5 Å². The predicted octanol–water partition coefficient (Wildman–Crippen LogP) is 4.30. The van der Waals surface area contributed by atoms with Gasteiger partial charge in [0.1, 0.15) is 23.3 Å². The molecule has 0 unspecified atom stereocenters. The second-order valence-corrected chi connectivity index (χ2v) is 6.46. The summed E-state index contributed by atoms with van der Waals surface area (Å²) in [5.41, 5.74) is 0.841. The number of ether oxygens (including phenoxy) is 3. The Morgan fingerprint density at radius 3 is 2.29 bits per heavy atom. The van der Waals surface area contributed by atoms with Gasteiger partial charge in [0, 0.05) is 5.69 Å². The van der Waals surface area contributed by atoms with Gasteiger partial charge >= 0.3 is 5.97 Å². The van der Waals surface area contributed by atoms with Gasteiger partial charge in [0.2, 0.25) is 0 Å². The van der Waals surface area contributed by atoms with Crippen LogP contribution in [0.4, 0.5) is 5.69 Å². The average molecular weight is 416 g/mol. The van der Waals surface area contributed by atoms with Crippen LogP contribution in [0.2, 0.25) is 0 Å². The molecule has 0 saturated heterocycles. The molecule has 0 aromatic heterocycles. The average Bonchev–Trinajstić information content (AvgIpc) is 2.79. The highest BCUT2D eigenvalue weighted by molar-refractivity contribution is 5.95. The molecule has 1 N–H and O–H groups in total. The topological polar surface area (TPSA) is 97.7 Å². The number of amides is 1. The molecule has 0 saturated carbocycles. The molecule has 3 aromatic rings. The molecule has 0 heterocycles. The molecule has 0 aliphatic carbocycles. The molecule has 3 rings (SSSR count). The summed E-state index contributed by atoms with van der Waals surface area (Å²) in [4.78, 5) is 24.3. The van der Waals surface area contributed by atoms with E-state index in [4.69, 9.17) is 19.5 Å². The van der Waals surface area contributed by atoms with E-state index < -0.39 is 24.6 Å². The normalized spacial score (nSPS) is 11.0. The van der Waals surface area contributed by atoms with Gasteiger partial charge in [-0.15, -0.1) is 0 Å². The molecule has 0 bridgehead atoms. The van der Waals surface area contributed by atoms with E-state index in [-0.39, 0.29) is 5.75 Å². The van der Waals surface area contributed by atoms with E-state index in [0.29, 0.717) is 22.7 Å². The molecule has 0 spiro atoms. The first-order valence-corrected chi connectivity index (χ1v) is 9.50. The molecule has 0 aliphatic rings. The van der Waals surface area contributed by atoms with Crippen LogP contribution >= 0.6 is 0 Å². The highest BCUT2D eigenvalue weighted by Crippen LogP contribution is 2.22. The van der Waals surface area contributed by atoms with Crippen molar-refractivity contribution in [2.75, 3.05) is 11.9 Å². The number of hydrogen-bond donors (Lipinski definition) is 1. The monoisotopic (exact) mass is 416 g/mol. The van der Waals surface area contributed by atoms with Gasteiger partial charge in [-0.25, -0.2) is 4.79 Å². The highest BCUT2D eigenvalue weighted by atomic mass is 16.6. The summed E-state index contributed by atoms with van der Waals surface area (Å²) in [5, 5.41) is 11.7. The lowest BCUT2D eigenvalue weighted by atomic mass is 10.2. The minimum atomic E-state index is -1.03. The Hall–Kier alpha value is -4.31. The minimum Gasteiger partial charge on any atom is -0.481 e. The highest BCUT2D eigenvalue weighted by Gasteiger charge is 2.18. The van der Waals surface area contributed by atoms with Crippen molar-refractivity contribution >= 4 is 17.6 Å². The molecule has 1 amide bonds. The van der Waals surface area contributed by atoms with Crippen molar-refractivity contribution in [3.05, 3.63) is 84.4 Å². The second-order valence-electron chi connectivity index (χ2n) is 6.46. The van der Waals surface area contributed by atoms with Crippen LogP contribution in [0.1, 0.15) is 12.5 Å². The molecule has 1 atom stereocenters. The summed E-state index contributed by atoms with van der Waals surface area (Å²) < 4.78 is 16.1. The first kappa shape index (κ1) is 21.4. The summed E-state index contributed by atoms with van der Waals surface area (Å²) in [6.07, 6.45) is -1.03. The standard InChI is InChI=1S/C24H20N2O5/c1-17(30-23(27)16-29-22-10-6-5-7-18(22)15-25)24(28)26-19-11-13-21(14-12-19)31-20-8-3-2-4-9-20/h2-14,17H,16H2,1H3,(H,26,28)/t17-/m1/s1. The zero-order valence-electron chi connectivity index (χ0n) is 16.8. The number of para-hydroxylation sites is 2. The number of carbonyl (C=O) groups excluding carboxylic acids is 2. The Labute approximate surface area is 179 Å². The Morgan fingerprint density at radius 1 is 0.935 bits per heavy atom. The molecule has 31 heavy (non-hydrogen) atoms. The number of rotatable bonds is 8. The number of nitrogens with zero attached hydrogens (tertiary/aromatic N) is 1. The third-order valence-corrected chi connectivity index (χ3v) is 4.13. The molecule has 156 valence electrons. The van der Waals surface area contributed by atoms with E-state index in [0.717, 1.165) is 0 Å². The number of nitrogens with one attached hydrogen (secondary N) is 1. The smallest absolute Gasteiger partial charge is 0.344 e. The molecular weight excluding hydrogens is 396 g/mol. The molecular formula is C24H20N2O5. The molecule has 7 heteroatoms. The van der Waals surface area contributed by atoms with E-state index >= 15 is 0 Å². The van der Waals surface area contributed by atoms with Crippen molar-refractivity contribution in [2.24, 2.45) is 0 Å². The summed E-state index contributed by atoms with van der Waals surface area (Å²) in [5.74, 6) is 0.402. The quantitative estimate of drug-likeness (QED) is 0.550. The summed E-state index contributed by atoms with van der Waals surface area (Å²) in [7, 11) is 0. The molecule has 3 aromatic carbocycles. The third-order valence-electron chi connectivity index (χ3n) is 4.13. The lowest BCUT2D eigenvalue weighted by molar-refractivity contribution is -0.155. The largest absolute Gasteiger partial charge is 0.481 e. The van der Waals surface area contributed by atoms with Crippen molar-refractivity contribution in [3.63, 3.8) is 0 Å². The second kappa shape index (κ2) is 10.5.